The first-order valence-electron chi connectivity index (χ1n) is 14.5. The molecule has 0 radical (unpaired) electrons. The Morgan fingerprint density at radius 3 is 1.64 bits per heavy atom. The molecule has 0 spiro atoms. The molecule has 3 aromatic heterocycles. The second-order valence-corrected chi connectivity index (χ2v) is 11.3. The molecule has 202 valence electrons. The normalized spacial score (nSPS) is 11.3. The van der Waals surface area contributed by atoms with Gasteiger partial charge in [-0.3, -0.25) is 9.55 Å². The summed E-state index contributed by atoms with van der Waals surface area (Å²) < 4.78 is 2.20. The highest BCUT2D eigenvalue weighted by molar-refractivity contribution is 6.96. The first kappa shape index (κ1) is 26.0. The van der Waals surface area contributed by atoms with Crippen LogP contribution in [0.4, 0.5) is 0 Å². The minimum atomic E-state index is 0.181. The van der Waals surface area contributed by atoms with Crippen LogP contribution in [0.5, 0.6) is 0 Å². The molecule has 3 heterocycles. The van der Waals surface area contributed by atoms with Gasteiger partial charge in [0.2, 0.25) is 6.71 Å². The van der Waals surface area contributed by atoms with Crippen molar-refractivity contribution in [1.29, 1.82) is 0 Å². The average molecular weight is 542 g/mol. The first-order chi connectivity index (χ1) is 20.5. The largest absolute Gasteiger partial charge is 0.292 e. The van der Waals surface area contributed by atoms with E-state index in [0.29, 0.717) is 0 Å². The Labute approximate surface area is 247 Å². The molecule has 0 fully saturated rings. The van der Waals surface area contributed by atoms with E-state index < -0.39 is 0 Å². The first-order valence-corrected chi connectivity index (χ1v) is 14.5. The second kappa shape index (κ2) is 10.5. The van der Waals surface area contributed by atoms with Crippen molar-refractivity contribution in [3.8, 4) is 16.8 Å². The van der Waals surface area contributed by atoms with E-state index in [1.807, 2.05) is 24.5 Å². The van der Waals surface area contributed by atoms with Crippen molar-refractivity contribution in [2.75, 3.05) is 0 Å². The number of nitrogens with zero attached hydrogens (tertiary/aromatic N) is 3. The molecule has 0 saturated carbocycles. The van der Waals surface area contributed by atoms with Crippen molar-refractivity contribution in [2.45, 2.75) is 27.7 Å². The van der Waals surface area contributed by atoms with Gasteiger partial charge in [0.25, 0.3) is 0 Å². The van der Waals surface area contributed by atoms with Gasteiger partial charge in [-0.15, -0.1) is 0 Å². The molecule has 0 bridgehead atoms. The van der Waals surface area contributed by atoms with Crippen LogP contribution in [0, 0.1) is 27.7 Å². The quantitative estimate of drug-likeness (QED) is 0.220. The SMILES string of the molecule is Cc1cccc(C)c1B(c1ccc(-c2ccc(-n3c4cccnc4c4cccnc43)cc2)cc1)c1c(C)cccc1C. The molecule has 0 atom stereocenters. The maximum Gasteiger partial charge on any atom is 0.242 e. The summed E-state index contributed by atoms with van der Waals surface area (Å²) in [7, 11) is 0. The third-order valence-corrected chi connectivity index (χ3v) is 8.65. The van der Waals surface area contributed by atoms with Crippen LogP contribution in [0.1, 0.15) is 22.3 Å². The summed E-state index contributed by atoms with van der Waals surface area (Å²) in [6.45, 7) is 9.13. The summed E-state index contributed by atoms with van der Waals surface area (Å²) in [5.41, 5.74) is 15.9. The van der Waals surface area contributed by atoms with Gasteiger partial charge in [0, 0.05) is 23.5 Å². The zero-order valence-corrected chi connectivity index (χ0v) is 24.5. The summed E-state index contributed by atoms with van der Waals surface area (Å²) in [5.74, 6) is 0. The van der Waals surface area contributed by atoms with Gasteiger partial charge in [-0.05, 0) is 75.2 Å². The summed E-state index contributed by atoms with van der Waals surface area (Å²) in [4.78, 5) is 9.35. The topological polar surface area (TPSA) is 30.7 Å². The van der Waals surface area contributed by atoms with Gasteiger partial charge in [-0.2, -0.15) is 0 Å². The zero-order valence-electron chi connectivity index (χ0n) is 24.5. The van der Waals surface area contributed by atoms with Crippen molar-refractivity contribution in [1.82, 2.24) is 14.5 Å². The summed E-state index contributed by atoms with van der Waals surface area (Å²) in [5, 5.41) is 1.06. The van der Waals surface area contributed by atoms with Crippen molar-refractivity contribution < 1.29 is 0 Å². The van der Waals surface area contributed by atoms with Gasteiger partial charge >= 0.3 is 0 Å². The third-order valence-electron chi connectivity index (χ3n) is 8.65. The highest BCUT2D eigenvalue weighted by Crippen LogP contribution is 2.30. The molecule has 0 amide bonds. The fourth-order valence-corrected chi connectivity index (χ4v) is 6.63. The summed E-state index contributed by atoms with van der Waals surface area (Å²) in [6, 6.07) is 39.4. The molecule has 0 N–H and O–H groups in total. The Hall–Kier alpha value is -4.96. The predicted molar refractivity (Wildman–Crippen MR) is 178 cm³/mol. The Morgan fingerprint density at radius 1 is 0.524 bits per heavy atom. The van der Waals surface area contributed by atoms with Crippen LogP contribution < -0.4 is 16.4 Å². The molecule has 0 aliphatic heterocycles. The minimum Gasteiger partial charge on any atom is -0.292 e. The lowest BCUT2D eigenvalue weighted by Crippen LogP contribution is -2.55. The average Bonchev–Trinajstić information content (AvgIpc) is 3.35. The van der Waals surface area contributed by atoms with Gasteiger partial charge < -0.3 is 0 Å². The lowest BCUT2D eigenvalue weighted by molar-refractivity contribution is 1.13. The number of aryl methyl sites for hydroxylation is 4. The van der Waals surface area contributed by atoms with E-state index in [4.69, 9.17) is 4.98 Å². The van der Waals surface area contributed by atoms with E-state index in [1.165, 1.54) is 49.8 Å². The number of benzene rings is 4. The molecule has 42 heavy (non-hydrogen) atoms. The number of pyridine rings is 2. The van der Waals surface area contributed by atoms with Crippen LogP contribution in [0.3, 0.4) is 0 Å². The van der Waals surface area contributed by atoms with Crippen molar-refractivity contribution >= 4 is 45.2 Å². The van der Waals surface area contributed by atoms with Gasteiger partial charge in [-0.1, -0.05) is 111 Å². The monoisotopic (exact) mass is 541 g/mol. The zero-order chi connectivity index (χ0) is 28.8. The van der Waals surface area contributed by atoms with E-state index >= 15 is 0 Å². The molecule has 7 aromatic rings. The summed E-state index contributed by atoms with van der Waals surface area (Å²) in [6.07, 6.45) is 3.69. The van der Waals surface area contributed by atoms with Crippen LogP contribution in [-0.4, -0.2) is 21.2 Å². The second-order valence-electron chi connectivity index (χ2n) is 11.3. The lowest BCUT2D eigenvalue weighted by atomic mass is 9.34. The smallest absolute Gasteiger partial charge is 0.242 e. The predicted octanol–water partition coefficient (Wildman–Crippen LogP) is 6.99. The Morgan fingerprint density at radius 2 is 1.05 bits per heavy atom. The number of fused-ring (bicyclic) bond motifs is 3. The van der Waals surface area contributed by atoms with Crippen molar-refractivity contribution in [3.05, 3.63) is 144 Å². The van der Waals surface area contributed by atoms with E-state index in [0.717, 1.165) is 27.8 Å². The molecule has 7 rings (SSSR count). The minimum absolute atomic E-state index is 0.181. The number of hydrogen-bond donors (Lipinski definition) is 0. The Kier molecular flexibility index (Phi) is 6.47. The van der Waals surface area contributed by atoms with Crippen LogP contribution in [0.25, 0.3) is 38.9 Å². The van der Waals surface area contributed by atoms with E-state index in [1.54, 1.807) is 0 Å². The van der Waals surface area contributed by atoms with Crippen LogP contribution in [0.2, 0.25) is 0 Å². The van der Waals surface area contributed by atoms with Crippen LogP contribution in [-0.2, 0) is 0 Å². The standard InChI is InChI=1S/C38H32BN3/c1-25-9-5-10-26(2)35(25)39(36-27(3)11-6-12-28(36)4)31-19-15-29(16-20-31)30-17-21-32(22-18-30)42-34-14-8-23-40-37(34)33-13-7-24-41-38(33)42/h5-24H,1-4H3. The Balaban J connectivity index is 1.28. The van der Waals surface area contributed by atoms with Crippen LogP contribution in [0.15, 0.2) is 122 Å². The highest BCUT2D eigenvalue weighted by Gasteiger charge is 2.27. The van der Waals surface area contributed by atoms with Crippen molar-refractivity contribution in [2.24, 2.45) is 0 Å². The number of aromatic nitrogens is 3. The fourth-order valence-electron chi connectivity index (χ4n) is 6.63. The van der Waals surface area contributed by atoms with Gasteiger partial charge in [0.15, 0.2) is 0 Å². The number of rotatable bonds is 5. The molecule has 4 heteroatoms. The molecule has 0 unspecified atom stereocenters. The maximum atomic E-state index is 4.70. The highest BCUT2D eigenvalue weighted by atomic mass is 15.1. The molecule has 4 aromatic carbocycles. The third kappa shape index (κ3) is 4.31. The van der Waals surface area contributed by atoms with Gasteiger partial charge in [-0.25, -0.2) is 4.98 Å². The molecular formula is C38H32BN3. The molecule has 3 nitrogen and oxygen atoms in total. The van der Waals surface area contributed by atoms with E-state index in [-0.39, 0.29) is 6.71 Å². The molecule has 0 saturated heterocycles. The fraction of sp³-hybridized carbons (Fsp3) is 0.105. The Bertz CT molecular complexity index is 1930. The maximum absolute atomic E-state index is 4.70. The number of hydrogen-bond acceptors (Lipinski definition) is 2. The van der Waals surface area contributed by atoms with Gasteiger partial charge in [0.1, 0.15) is 5.65 Å². The lowest BCUT2D eigenvalue weighted by Gasteiger charge is -2.23. The van der Waals surface area contributed by atoms with Gasteiger partial charge in [0.05, 0.1) is 11.0 Å². The molecular weight excluding hydrogens is 509 g/mol. The molecule has 0 aliphatic carbocycles. The van der Waals surface area contributed by atoms with Crippen LogP contribution >= 0.6 is 0 Å². The van der Waals surface area contributed by atoms with E-state index in [9.17, 15) is 0 Å². The van der Waals surface area contributed by atoms with E-state index in [2.05, 4.69) is 134 Å². The molecule has 0 aliphatic rings. The van der Waals surface area contributed by atoms with Crippen molar-refractivity contribution in [3.63, 3.8) is 0 Å². The summed E-state index contributed by atoms with van der Waals surface area (Å²) >= 11 is 0.